The summed E-state index contributed by atoms with van der Waals surface area (Å²) in [6.45, 7) is -0.736. The Labute approximate surface area is 289 Å². The zero-order valence-electron chi connectivity index (χ0n) is 25.1. The number of rotatable bonds is 22. The smallest absolute Gasteiger partial charge is 0.322 e. The van der Waals surface area contributed by atoms with Gasteiger partial charge in [0.05, 0.1) is 11.1 Å². The summed E-state index contributed by atoms with van der Waals surface area (Å²) in [5.74, 6) is 0.636. The molecule has 47 heavy (non-hydrogen) atoms. The van der Waals surface area contributed by atoms with Crippen molar-refractivity contribution < 1.29 is 58.0 Å². The Hall–Kier alpha value is -4.02. The molecule has 4 atom stereocenters. The standard InChI is InChI=1S/C13H19N3O6S.C10H17N3O6S.C3H3Br/c1-2-5-23-7-9(13(21)15-6-12(19)20)16-11(18)4-3-10(14)22-8-17;11-7(19-5-14)1-2-8(15)13-6(4-20)10(18)12-3-9(16)17;1-2-3-4/h1,8-10H,3-7,14H2,(H,15,21)(H,16,18)(H,19,20);5-7,20H,1-4,11H2,(H,12,18)(H,13,15)(H,16,17);1H,3H2/t9-,10+;6-,7+;/m00./s1. The quantitative estimate of drug-likeness (QED) is 0.0134. The minimum atomic E-state index is -1.20. The van der Waals surface area contributed by atoms with E-state index in [-0.39, 0.29) is 50.1 Å². The lowest BCUT2D eigenvalue weighted by Crippen LogP contribution is -2.49. The third-order valence-electron chi connectivity index (χ3n) is 4.63. The molecule has 0 spiro atoms. The molecule has 18 nitrogen and oxygen atoms in total. The van der Waals surface area contributed by atoms with Gasteiger partial charge in [0, 0.05) is 37.2 Å². The lowest BCUT2D eigenvalue weighted by molar-refractivity contribution is -0.138. The highest BCUT2D eigenvalue weighted by Gasteiger charge is 2.22. The fourth-order valence-electron chi connectivity index (χ4n) is 2.54. The zero-order chi connectivity index (χ0) is 36.6. The molecule has 21 heteroatoms. The molecule has 0 bridgehead atoms. The predicted octanol–water partition coefficient (Wildman–Crippen LogP) is -2.87. The van der Waals surface area contributed by atoms with Crippen LogP contribution in [0.25, 0.3) is 0 Å². The molecule has 0 aliphatic heterocycles. The highest BCUT2D eigenvalue weighted by molar-refractivity contribution is 9.09. The molecule has 0 saturated carbocycles. The monoisotopic (exact) mass is 770 g/mol. The van der Waals surface area contributed by atoms with Gasteiger partial charge in [0.25, 0.3) is 12.9 Å². The number of hydrogen-bond donors (Lipinski definition) is 9. The zero-order valence-corrected chi connectivity index (χ0v) is 28.4. The minimum absolute atomic E-state index is 0.00802. The molecule has 10 N–H and O–H groups in total. The van der Waals surface area contributed by atoms with Crippen LogP contribution in [0.15, 0.2) is 0 Å². The van der Waals surface area contributed by atoms with Gasteiger partial charge in [0.2, 0.25) is 23.6 Å². The van der Waals surface area contributed by atoms with Crippen LogP contribution in [0.2, 0.25) is 0 Å². The van der Waals surface area contributed by atoms with Crippen molar-refractivity contribution in [1.82, 2.24) is 21.3 Å². The van der Waals surface area contributed by atoms with Crippen molar-refractivity contribution in [3.8, 4) is 24.7 Å². The summed E-state index contributed by atoms with van der Waals surface area (Å²) in [5, 5.41) is 26.8. The minimum Gasteiger partial charge on any atom is -0.480 e. The third-order valence-corrected chi connectivity index (χ3v) is 6.26. The molecule has 0 aromatic carbocycles. The van der Waals surface area contributed by atoms with E-state index in [9.17, 15) is 38.4 Å². The van der Waals surface area contributed by atoms with Crippen molar-refractivity contribution in [2.24, 2.45) is 11.5 Å². The van der Waals surface area contributed by atoms with Gasteiger partial charge in [0.15, 0.2) is 12.5 Å². The molecule has 0 unspecified atom stereocenters. The molecule has 0 fully saturated rings. The number of terminal acetylenes is 2. The summed E-state index contributed by atoms with van der Waals surface area (Å²) in [6, 6.07) is -1.88. The molecule has 0 radical (unpaired) electrons. The first kappa shape index (κ1) is 47.4. The number of thiol groups is 1. The highest BCUT2D eigenvalue weighted by atomic mass is 79.9. The van der Waals surface area contributed by atoms with Crippen LogP contribution in [-0.4, -0.2) is 119 Å². The molecular formula is C26H39BrN6O12S2. The number of ether oxygens (including phenoxy) is 2. The third kappa shape index (κ3) is 31.7. The van der Waals surface area contributed by atoms with E-state index >= 15 is 0 Å². The van der Waals surface area contributed by atoms with Gasteiger partial charge in [-0.1, -0.05) is 27.8 Å². The fourth-order valence-corrected chi connectivity index (χ4v) is 3.51. The number of hydrogen-bond acceptors (Lipinski definition) is 14. The van der Waals surface area contributed by atoms with Crippen molar-refractivity contribution in [3.05, 3.63) is 0 Å². The number of nitrogens with one attached hydrogen (secondary N) is 4. The van der Waals surface area contributed by atoms with Crippen molar-refractivity contribution >= 4 is 88.8 Å². The number of carbonyl (C=O) groups excluding carboxylic acids is 6. The number of nitrogens with two attached hydrogens (primary N) is 2. The summed E-state index contributed by atoms with van der Waals surface area (Å²) >= 11 is 8.15. The average molecular weight is 772 g/mol. The Morgan fingerprint density at radius 1 is 0.830 bits per heavy atom. The van der Waals surface area contributed by atoms with E-state index in [0.29, 0.717) is 11.1 Å². The highest BCUT2D eigenvalue weighted by Crippen LogP contribution is 2.04. The molecule has 0 saturated heterocycles. The maximum atomic E-state index is 11.9. The van der Waals surface area contributed by atoms with Crippen molar-refractivity contribution in [2.45, 2.75) is 50.2 Å². The van der Waals surface area contributed by atoms with E-state index in [4.69, 9.17) is 34.5 Å². The normalized spacial score (nSPS) is 12.0. The van der Waals surface area contributed by atoms with Crippen LogP contribution >= 0.6 is 40.3 Å². The second-order valence-electron chi connectivity index (χ2n) is 8.32. The Kier molecular flexibility index (Phi) is 32.2. The number of amides is 4. The van der Waals surface area contributed by atoms with Crippen LogP contribution in [0.1, 0.15) is 25.7 Å². The second-order valence-corrected chi connectivity index (χ2v) is 10.3. The summed E-state index contributed by atoms with van der Waals surface area (Å²) in [7, 11) is 0. The van der Waals surface area contributed by atoms with E-state index in [1.807, 2.05) is 0 Å². The van der Waals surface area contributed by atoms with E-state index in [0.717, 1.165) is 0 Å². The first-order valence-electron chi connectivity index (χ1n) is 13.1. The Morgan fingerprint density at radius 2 is 1.23 bits per heavy atom. The van der Waals surface area contributed by atoms with Crippen molar-refractivity contribution in [1.29, 1.82) is 0 Å². The van der Waals surface area contributed by atoms with E-state index in [2.05, 4.69) is 71.1 Å². The first-order valence-corrected chi connectivity index (χ1v) is 16.0. The van der Waals surface area contributed by atoms with Gasteiger partial charge in [0.1, 0.15) is 25.2 Å². The lowest BCUT2D eigenvalue weighted by atomic mass is 10.2. The van der Waals surface area contributed by atoms with Crippen LogP contribution in [0, 0.1) is 24.7 Å². The number of halogens is 1. The van der Waals surface area contributed by atoms with Crippen LogP contribution in [0.5, 0.6) is 0 Å². The lowest BCUT2D eigenvalue weighted by Gasteiger charge is -2.18. The van der Waals surface area contributed by atoms with E-state index in [1.165, 1.54) is 11.8 Å². The second kappa shape index (κ2) is 31.9. The van der Waals surface area contributed by atoms with Crippen LogP contribution < -0.4 is 32.7 Å². The van der Waals surface area contributed by atoms with Gasteiger partial charge in [-0.15, -0.1) is 24.6 Å². The topological polar surface area (TPSA) is 296 Å². The molecular weight excluding hydrogens is 732 g/mol. The number of carboxylic acids is 2. The summed E-state index contributed by atoms with van der Waals surface area (Å²) in [6.07, 6.45) is 8.11. The van der Waals surface area contributed by atoms with Crippen molar-refractivity contribution in [3.63, 3.8) is 0 Å². The van der Waals surface area contributed by atoms with Gasteiger partial charge in [-0.3, -0.25) is 49.8 Å². The Morgan fingerprint density at radius 3 is 1.57 bits per heavy atom. The fraction of sp³-hybridized carbons (Fsp3) is 0.538. The van der Waals surface area contributed by atoms with Crippen LogP contribution in [0.4, 0.5) is 0 Å². The van der Waals surface area contributed by atoms with Gasteiger partial charge in [-0.2, -0.15) is 12.6 Å². The number of aliphatic carboxylic acids is 2. The van der Waals surface area contributed by atoms with Gasteiger partial charge < -0.3 is 41.0 Å². The van der Waals surface area contributed by atoms with Crippen molar-refractivity contribution in [2.75, 3.05) is 35.7 Å². The van der Waals surface area contributed by atoms with E-state index in [1.54, 1.807) is 0 Å². The maximum Gasteiger partial charge on any atom is 0.322 e. The summed E-state index contributed by atoms with van der Waals surface area (Å²) in [4.78, 5) is 87.5. The number of carboxylic acid groups (broad SMARTS) is 2. The average Bonchev–Trinajstić information content (AvgIpc) is 3.03. The maximum absolute atomic E-state index is 11.9. The number of alkyl halides is 1. The summed E-state index contributed by atoms with van der Waals surface area (Å²) < 4.78 is 8.83. The number of thioether (sulfide) groups is 1. The van der Waals surface area contributed by atoms with Gasteiger partial charge in [-0.25, -0.2) is 0 Å². The molecule has 4 amide bonds. The molecule has 0 aromatic rings. The van der Waals surface area contributed by atoms with Gasteiger partial charge >= 0.3 is 11.9 Å². The SMILES string of the molecule is C#CCBr.C#CCSC[C@H](NC(=O)CC[C@H](N)OC=O)C(=O)NCC(=O)O.N[C@@H](CCC(=O)N[C@@H](CS)C(=O)NCC(=O)O)OC=O. The van der Waals surface area contributed by atoms with Crippen LogP contribution in [0.3, 0.4) is 0 Å². The molecule has 0 heterocycles. The molecule has 0 rings (SSSR count). The largest absolute Gasteiger partial charge is 0.480 e. The molecule has 0 aromatic heterocycles. The molecule has 0 aliphatic rings. The number of carbonyl (C=O) groups is 8. The molecule has 264 valence electrons. The van der Waals surface area contributed by atoms with E-state index < -0.39 is 73.2 Å². The van der Waals surface area contributed by atoms with Crippen LogP contribution in [-0.2, 0) is 47.8 Å². The Balaban J connectivity index is -0.000000744. The first-order chi connectivity index (χ1) is 22.2. The summed E-state index contributed by atoms with van der Waals surface area (Å²) in [5.41, 5.74) is 10.7. The predicted molar refractivity (Wildman–Crippen MR) is 177 cm³/mol. The Bertz CT molecular complexity index is 1090. The molecule has 0 aliphatic carbocycles. The van der Waals surface area contributed by atoms with Gasteiger partial charge in [-0.05, 0) is 0 Å².